The monoisotopic (exact) mass is 188 g/mol. The lowest BCUT2D eigenvalue weighted by molar-refractivity contribution is 0.341. The van der Waals surface area contributed by atoms with Crippen molar-refractivity contribution in [3.8, 4) is 0 Å². The first kappa shape index (κ1) is 8.81. The number of nitrogens with one attached hydrogen (secondary N) is 1. The molecule has 0 bridgehead atoms. The molecule has 1 aromatic carbocycles. The summed E-state index contributed by atoms with van der Waals surface area (Å²) in [5, 5.41) is 3.10. The number of amidine groups is 1. The fraction of sp³-hybridized carbons (Fsp3) is 0.182. The Bertz CT molecular complexity index is 368. The Morgan fingerprint density at radius 2 is 2.07 bits per heavy atom. The molecule has 1 aliphatic heterocycles. The number of para-hydroxylation sites is 1. The van der Waals surface area contributed by atoms with E-state index < -0.39 is 0 Å². The summed E-state index contributed by atoms with van der Waals surface area (Å²) in [4.78, 5) is 4.22. The maximum Gasteiger partial charge on any atom is 0.294 e. The molecule has 1 aliphatic rings. The second kappa shape index (κ2) is 3.96. The highest BCUT2D eigenvalue weighted by Gasteiger charge is 2.04. The van der Waals surface area contributed by atoms with E-state index >= 15 is 0 Å². The van der Waals surface area contributed by atoms with Crippen molar-refractivity contribution in [1.29, 1.82) is 0 Å². The minimum absolute atomic E-state index is 0.566. The molecular weight excluding hydrogens is 176 g/mol. The van der Waals surface area contributed by atoms with Gasteiger partial charge in [-0.15, -0.1) is 0 Å². The number of aliphatic imine (C=N–C) groups is 1. The molecule has 2 rings (SSSR count). The lowest BCUT2D eigenvalue weighted by Crippen LogP contribution is -2.18. The molecule has 0 aliphatic carbocycles. The van der Waals surface area contributed by atoms with Crippen molar-refractivity contribution in [2.24, 2.45) is 4.99 Å². The van der Waals surface area contributed by atoms with Crippen LogP contribution in [0.1, 0.15) is 6.92 Å². The smallest absolute Gasteiger partial charge is 0.294 e. The maximum absolute atomic E-state index is 5.31. The predicted molar refractivity (Wildman–Crippen MR) is 57.2 cm³/mol. The number of nitrogens with zero attached hydrogens (tertiary/aromatic N) is 1. The number of hydrogen-bond donors (Lipinski definition) is 1. The molecule has 14 heavy (non-hydrogen) atoms. The van der Waals surface area contributed by atoms with Gasteiger partial charge in [0.15, 0.2) is 0 Å². The minimum Gasteiger partial charge on any atom is -0.460 e. The predicted octanol–water partition coefficient (Wildman–Crippen LogP) is 2.39. The second-order valence-corrected chi connectivity index (χ2v) is 3.06. The first-order valence-corrected chi connectivity index (χ1v) is 4.55. The minimum atomic E-state index is 0.566. The van der Waals surface area contributed by atoms with E-state index in [0.717, 1.165) is 11.4 Å². The molecule has 72 valence electrons. The first-order chi connectivity index (χ1) is 6.84. The maximum atomic E-state index is 5.31. The van der Waals surface area contributed by atoms with Crippen LogP contribution in [0.4, 0.5) is 5.69 Å². The highest BCUT2D eigenvalue weighted by Crippen LogP contribution is 2.09. The molecular formula is C11H12N2O. The van der Waals surface area contributed by atoms with Gasteiger partial charge in [0.05, 0.1) is 0 Å². The quantitative estimate of drug-likeness (QED) is 0.734. The molecule has 0 atom stereocenters. The van der Waals surface area contributed by atoms with E-state index in [1.165, 1.54) is 0 Å². The summed E-state index contributed by atoms with van der Waals surface area (Å²) >= 11 is 0. The summed E-state index contributed by atoms with van der Waals surface area (Å²) in [6.07, 6.45) is 1.94. The molecule has 0 amide bonds. The largest absolute Gasteiger partial charge is 0.460 e. The van der Waals surface area contributed by atoms with Crippen LogP contribution in [0.5, 0.6) is 0 Å². The second-order valence-electron chi connectivity index (χ2n) is 3.06. The van der Waals surface area contributed by atoms with E-state index in [0.29, 0.717) is 12.6 Å². The van der Waals surface area contributed by atoms with Crippen LogP contribution in [0.3, 0.4) is 0 Å². The molecule has 0 spiro atoms. The van der Waals surface area contributed by atoms with Gasteiger partial charge in [-0.2, -0.15) is 0 Å². The molecule has 0 aromatic heterocycles. The molecule has 3 nitrogen and oxygen atoms in total. The number of hydrogen-bond acceptors (Lipinski definition) is 3. The third-order valence-electron chi connectivity index (χ3n) is 1.90. The number of allylic oxidation sites excluding steroid dienone is 1. The number of anilines is 1. The van der Waals surface area contributed by atoms with E-state index in [1.54, 1.807) is 0 Å². The Hall–Kier alpha value is -1.77. The van der Waals surface area contributed by atoms with E-state index in [4.69, 9.17) is 4.74 Å². The molecule has 0 unspecified atom stereocenters. The lowest BCUT2D eigenvalue weighted by Gasteiger charge is -2.13. The third kappa shape index (κ3) is 2.13. The fourth-order valence-corrected chi connectivity index (χ4v) is 1.19. The highest BCUT2D eigenvalue weighted by molar-refractivity contribution is 5.90. The molecule has 0 radical (unpaired) electrons. The SMILES string of the molecule is CC1=CCOC(Nc2ccccc2)=N1. The van der Waals surface area contributed by atoms with Gasteiger partial charge in [-0.3, -0.25) is 0 Å². The Balaban J connectivity index is 2.09. The summed E-state index contributed by atoms with van der Waals surface area (Å²) in [6, 6.07) is 10.4. The summed E-state index contributed by atoms with van der Waals surface area (Å²) in [5.41, 5.74) is 1.97. The van der Waals surface area contributed by atoms with Crippen LogP contribution in [0, 0.1) is 0 Å². The van der Waals surface area contributed by atoms with Crippen LogP contribution < -0.4 is 5.32 Å². The van der Waals surface area contributed by atoms with Gasteiger partial charge in [0, 0.05) is 11.4 Å². The van der Waals surface area contributed by atoms with Crippen molar-refractivity contribution in [2.45, 2.75) is 6.92 Å². The highest BCUT2D eigenvalue weighted by atomic mass is 16.5. The van der Waals surface area contributed by atoms with Crippen molar-refractivity contribution in [3.05, 3.63) is 42.1 Å². The number of ether oxygens (including phenoxy) is 1. The summed E-state index contributed by atoms with van der Waals surface area (Å²) in [6.45, 7) is 2.54. The molecule has 1 N–H and O–H groups in total. The van der Waals surface area contributed by atoms with Crippen LogP contribution in [-0.4, -0.2) is 12.6 Å². The topological polar surface area (TPSA) is 33.6 Å². The third-order valence-corrected chi connectivity index (χ3v) is 1.90. The van der Waals surface area contributed by atoms with Crippen LogP contribution in [0.15, 0.2) is 47.1 Å². The van der Waals surface area contributed by atoms with Gasteiger partial charge in [-0.1, -0.05) is 18.2 Å². The van der Waals surface area contributed by atoms with Crippen LogP contribution in [-0.2, 0) is 4.74 Å². The Morgan fingerprint density at radius 1 is 1.29 bits per heavy atom. The van der Waals surface area contributed by atoms with Crippen LogP contribution >= 0.6 is 0 Å². The number of rotatable bonds is 1. The Labute approximate surface area is 83.1 Å². The lowest BCUT2D eigenvalue weighted by atomic mass is 10.3. The van der Waals surface area contributed by atoms with E-state index in [1.807, 2.05) is 43.3 Å². The van der Waals surface area contributed by atoms with Gasteiger partial charge < -0.3 is 10.1 Å². The van der Waals surface area contributed by atoms with Gasteiger partial charge in [0.1, 0.15) is 6.61 Å². The fourth-order valence-electron chi connectivity index (χ4n) is 1.19. The zero-order chi connectivity index (χ0) is 9.80. The van der Waals surface area contributed by atoms with Gasteiger partial charge in [0.25, 0.3) is 6.02 Å². The van der Waals surface area contributed by atoms with Crippen molar-refractivity contribution in [1.82, 2.24) is 0 Å². The zero-order valence-electron chi connectivity index (χ0n) is 8.03. The number of benzene rings is 1. The molecule has 0 saturated heterocycles. The summed E-state index contributed by atoms with van der Waals surface area (Å²) < 4.78 is 5.31. The zero-order valence-corrected chi connectivity index (χ0v) is 8.03. The average molecular weight is 188 g/mol. The summed E-state index contributed by atoms with van der Waals surface area (Å²) in [5.74, 6) is 0. The summed E-state index contributed by atoms with van der Waals surface area (Å²) in [7, 11) is 0. The van der Waals surface area contributed by atoms with Gasteiger partial charge in [0.2, 0.25) is 0 Å². The van der Waals surface area contributed by atoms with Gasteiger partial charge in [-0.25, -0.2) is 4.99 Å². The van der Waals surface area contributed by atoms with Crippen LogP contribution in [0.2, 0.25) is 0 Å². The Morgan fingerprint density at radius 3 is 2.79 bits per heavy atom. The first-order valence-electron chi connectivity index (χ1n) is 4.55. The van der Waals surface area contributed by atoms with Crippen molar-refractivity contribution in [2.75, 3.05) is 11.9 Å². The molecule has 0 fully saturated rings. The molecule has 1 aromatic rings. The molecule has 0 saturated carbocycles. The van der Waals surface area contributed by atoms with E-state index in [2.05, 4.69) is 10.3 Å². The standard InChI is InChI=1S/C11H12N2O/c1-9-7-8-14-11(12-9)13-10-5-3-2-4-6-10/h2-7H,8H2,1H3,(H,12,13). The van der Waals surface area contributed by atoms with E-state index in [-0.39, 0.29) is 0 Å². The van der Waals surface area contributed by atoms with E-state index in [9.17, 15) is 0 Å². The van der Waals surface area contributed by atoms with Gasteiger partial charge >= 0.3 is 0 Å². The van der Waals surface area contributed by atoms with Crippen molar-refractivity contribution >= 4 is 11.7 Å². The van der Waals surface area contributed by atoms with Crippen molar-refractivity contribution in [3.63, 3.8) is 0 Å². The molecule has 1 heterocycles. The van der Waals surface area contributed by atoms with Crippen molar-refractivity contribution < 1.29 is 4.74 Å². The molecule has 3 heteroatoms. The average Bonchev–Trinajstić information content (AvgIpc) is 2.19. The van der Waals surface area contributed by atoms with Crippen LogP contribution in [0.25, 0.3) is 0 Å². The van der Waals surface area contributed by atoms with Gasteiger partial charge in [-0.05, 0) is 25.1 Å². The Kier molecular flexibility index (Phi) is 2.49. The normalized spacial score (nSPS) is 15.2.